The molecule has 6 heteroatoms. The second-order valence-electron chi connectivity index (χ2n) is 5.63. The van der Waals surface area contributed by atoms with Gasteiger partial charge < -0.3 is 15.4 Å². The van der Waals surface area contributed by atoms with E-state index in [1.54, 1.807) is 18.2 Å². The number of para-hydroxylation sites is 1. The van der Waals surface area contributed by atoms with Gasteiger partial charge in [-0.2, -0.15) is 8.78 Å². The Kier molecular flexibility index (Phi) is 4.05. The zero-order valence-corrected chi connectivity index (χ0v) is 11.5. The standard InChI is InChI=1S/C15H18F2N2O2/c16-15(17)21-13-4-2-1-3-10(13)11-5-12(11)14(20)19-8-9-6-18-7-9/h1-4,9,11-12,15,18H,5-8H2,(H,19,20). The van der Waals surface area contributed by atoms with E-state index in [-0.39, 0.29) is 23.5 Å². The third kappa shape index (κ3) is 3.32. The number of benzene rings is 1. The second-order valence-corrected chi connectivity index (χ2v) is 5.63. The molecule has 1 saturated heterocycles. The van der Waals surface area contributed by atoms with E-state index >= 15 is 0 Å². The van der Waals surface area contributed by atoms with Gasteiger partial charge in [-0.1, -0.05) is 18.2 Å². The van der Waals surface area contributed by atoms with Crippen LogP contribution in [0.25, 0.3) is 0 Å². The second kappa shape index (κ2) is 5.97. The summed E-state index contributed by atoms with van der Waals surface area (Å²) in [6.45, 7) is -0.272. The lowest BCUT2D eigenvalue weighted by Gasteiger charge is -2.27. The average molecular weight is 296 g/mol. The van der Waals surface area contributed by atoms with E-state index < -0.39 is 6.61 Å². The van der Waals surface area contributed by atoms with Crippen molar-refractivity contribution >= 4 is 5.91 Å². The minimum Gasteiger partial charge on any atom is -0.435 e. The molecule has 2 atom stereocenters. The minimum atomic E-state index is -2.84. The molecule has 0 spiro atoms. The predicted octanol–water partition coefficient (Wildman–Crippen LogP) is 1.73. The summed E-state index contributed by atoms with van der Waals surface area (Å²) in [4.78, 5) is 12.0. The van der Waals surface area contributed by atoms with E-state index in [0.29, 0.717) is 24.4 Å². The molecular weight excluding hydrogens is 278 g/mol. The van der Waals surface area contributed by atoms with E-state index in [2.05, 4.69) is 15.4 Å². The molecule has 1 saturated carbocycles. The van der Waals surface area contributed by atoms with Gasteiger partial charge in [0.25, 0.3) is 0 Å². The highest BCUT2D eigenvalue weighted by Gasteiger charge is 2.45. The molecule has 0 aromatic heterocycles. The molecule has 2 unspecified atom stereocenters. The number of carbonyl (C=O) groups is 1. The first-order valence-corrected chi connectivity index (χ1v) is 7.17. The Balaban J connectivity index is 1.57. The van der Waals surface area contributed by atoms with Gasteiger partial charge in [0.1, 0.15) is 5.75 Å². The van der Waals surface area contributed by atoms with Crippen molar-refractivity contribution in [2.24, 2.45) is 11.8 Å². The van der Waals surface area contributed by atoms with Crippen molar-refractivity contribution in [3.63, 3.8) is 0 Å². The normalized spacial score (nSPS) is 24.5. The average Bonchev–Trinajstić information content (AvgIpc) is 3.17. The summed E-state index contributed by atoms with van der Waals surface area (Å²) in [5.74, 6) is 0.565. The van der Waals surface area contributed by atoms with Gasteiger partial charge in [0.05, 0.1) is 0 Å². The Labute approximate surface area is 121 Å². The molecule has 0 bridgehead atoms. The van der Waals surface area contributed by atoms with Crippen LogP contribution in [-0.2, 0) is 4.79 Å². The van der Waals surface area contributed by atoms with Crippen LogP contribution in [0.5, 0.6) is 5.75 Å². The molecule has 4 nitrogen and oxygen atoms in total. The van der Waals surface area contributed by atoms with Crippen molar-refractivity contribution in [2.45, 2.75) is 19.0 Å². The van der Waals surface area contributed by atoms with Crippen LogP contribution in [0, 0.1) is 11.8 Å². The van der Waals surface area contributed by atoms with Crippen molar-refractivity contribution in [2.75, 3.05) is 19.6 Å². The van der Waals surface area contributed by atoms with Crippen LogP contribution in [0.3, 0.4) is 0 Å². The summed E-state index contributed by atoms with van der Waals surface area (Å²) in [5, 5.41) is 6.09. The van der Waals surface area contributed by atoms with Gasteiger partial charge in [0, 0.05) is 31.5 Å². The smallest absolute Gasteiger partial charge is 0.387 e. The third-order valence-corrected chi connectivity index (χ3v) is 4.09. The Morgan fingerprint density at radius 2 is 2.14 bits per heavy atom. The first-order chi connectivity index (χ1) is 10.1. The van der Waals surface area contributed by atoms with Crippen molar-refractivity contribution in [1.29, 1.82) is 0 Å². The fourth-order valence-electron chi connectivity index (χ4n) is 2.69. The van der Waals surface area contributed by atoms with Crippen molar-refractivity contribution in [3.8, 4) is 5.75 Å². The first kappa shape index (κ1) is 14.3. The number of hydrogen-bond donors (Lipinski definition) is 2. The molecule has 1 aromatic carbocycles. The number of amides is 1. The fourth-order valence-corrected chi connectivity index (χ4v) is 2.69. The molecule has 114 valence electrons. The summed E-state index contributed by atoms with van der Waals surface area (Å²) in [7, 11) is 0. The third-order valence-electron chi connectivity index (χ3n) is 4.09. The molecule has 1 aliphatic heterocycles. The Bertz CT molecular complexity index is 520. The van der Waals surface area contributed by atoms with Gasteiger partial charge in [-0.05, 0) is 24.0 Å². The molecule has 1 amide bonds. The van der Waals surface area contributed by atoms with Crippen molar-refractivity contribution in [3.05, 3.63) is 29.8 Å². The Morgan fingerprint density at radius 3 is 2.81 bits per heavy atom. The van der Waals surface area contributed by atoms with Gasteiger partial charge in [-0.15, -0.1) is 0 Å². The van der Waals surface area contributed by atoms with Crippen LogP contribution in [0.2, 0.25) is 0 Å². The maximum absolute atomic E-state index is 12.4. The number of carbonyl (C=O) groups excluding carboxylic acids is 1. The molecule has 3 rings (SSSR count). The highest BCUT2D eigenvalue weighted by atomic mass is 19.3. The fraction of sp³-hybridized carbons (Fsp3) is 0.533. The molecule has 0 radical (unpaired) electrons. The monoisotopic (exact) mass is 296 g/mol. The van der Waals surface area contributed by atoms with Crippen LogP contribution in [0.15, 0.2) is 24.3 Å². The van der Waals surface area contributed by atoms with E-state index in [0.717, 1.165) is 13.1 Å². The van der Waals surface area contributed by atoms with Crippen molar-refractivity contribution < 1.29 is 18.3 Å². The first-order valence-electron chi connectivity index (χ1n) is 7.17. The van der Waals surface area contributed by atoms with Gasteiger partial charge >= 0.3 is 6.61 Å². The molecule has 1 aromatic rings. The van der Waals surface area contributed by atoms with E-state index in [4.69, 9.17) is 0 Å². The van der Waals surface area contributed by atoms with Crippen LogP contribution in [0.1, 0.15) is 17.9 Å². The lowest BCUT2D eigenvalue weighted by molar-refractivity contribution is -0.122. The zero-order chi connectivity index (χ0) is 14.8. The molecule has 2 aliphatic rings. The number of hydrogen-bond acceptors (Lipinski definition) is 3. The molecule has 2 fully saturated rings. The summed E-state index contributed by atoms with van der Waals surface area (Å²) in [5.41, 5.74) is 0.697. The van der Waals surface area contributed by atoms with Crippen LogP contribution < -0.4 is 15.4 Å². The maximum atomic E-state index is 12.4. The maximum Gasteiger partial charge on any atom is 0.387 e. The van der Waals surface area contributed by atoms with E-state index in [1.807, 2.05) is 0 Å². The Morgan fingerprint density at radius 1 is 1.38 bits per heavy atom. The van der Waals surface area contributed by atoms with Gasteiger partial charge in [-0.3, -0.25) is 4.79 Å². The summed E-state index contributed by atoms with van der Waals surface area (Å²) < 4.78 is 29.3. The Hall–Kier alpha value is -1.69. The lowest BCUT2D eigenvalue weighted by atomic mass is 10.0. The number of nitrogens with one attached hydrogen (secondary N) is 2. The quantitative estimate of drug-likeness (QED) is 0.840. The molecule has 1 aliphatic carbocycles. The van der Waals surface area contributed by atoms with Crippen LogP contribution in [-0.4, -0.2) is 32.2 Å². The number of rotatable bonds is 6. The van der Waals surface area contributed by atoms with Gasteiger partial charge in [0.2, 0.25) is 5.91 Å². The summed E-state index contributed by atoms with van der Waals surface area (Å²) in [6.07, 6.45) is 0.693. The van der Waals surface area contributed by atoms with Gasteiger partial charge in [-0.25, -0.2) is 0 Å². The minimum absolute atomic E-state index is 0.0127. The largest absolute Gasteiger partial charge is 0.435 e. The van der Waals surface area contributed by atoms with E-state index in [9.17, 15) is 13.6 Å². The molecular formula is C15H18F2N2O2. The molecule has 1 heterocycles. The van der Waals surface area contributed by atoms with E-state index in [1.165, 1.54) is 6.07 Å². The topological polar surface area (TPSA) is 50.4 Å². The number of halogens is 2. The summed E-state index contributed by atoms with van der Waals surface area (Å²) in [6, 6.07) is 6.71. The highest BCUT2D eigenvalue weighted by molar-refractivity contribution is 5.83. The van der Waals surface area contributed by atoms with Crippen molar-refractivity contribution in [1.82, 2.24) is 10.6 Å². The SMILES string of the molecule is O=C(NCC1CNC1)C1CC1c1ccccc1OC(F)F. The summed E-state index contributed by atoms with van der Waals surface area (Å²) >= 11 is 0. The molecule has 2 N–H and O–H groups in total. The number of alkyl halides is 2. The predicted molar refractivity (Wildman–Crippen MR) is 73.3 cm³/mol. The van der Waals surface area contributed by atoms with Crippen LogP contribution in [0.4, 0.5) is 8.78 Å². The zero-order valence-electron chi connectivity index (χ0n) is 11.5. The molecule has 21 heavy (non-hydrogen) atoms. The van der Waals surface area contributed by atoms with Crippen LogP contribution >= 0.6 is 0 Å². The lowest BCUT2D eigenvalue weighted by Crippen LogP contribution is -2.48. The van der Waals surface area contributed by atoms with Gasteiger partial charge in [0.15, 0.2) is 0 Å². The highest BCUT2D eigenvalue weighted by Crippen LogP contribution is 2.50. The number of ether oxygens (including phenoxy) is 1.